The molecule has 0 radical (unpaired) electrons. The lowest BCUT2D eigenvalue weighted by Crippen LogP contribution is -2.17. The van der Waals surface area contributed by atoms with Gasteiger partial charge in [-0.3, -0.25) is 0 Å². The van der Waals surface area contributed by atoms with Crippen molar-refractivity contribution >= 4 is 0 Å². The first-order chi connectivity index (χ1) is 10.5. The molecule has 1 atom stereocenters. The van der Waals surface area contributed by atoms with Gasteiger partial charge in [-0.05, 0) is 79.3 Å². The summed E-state index contributed by atoms with van der Waals surface area (Å²) in [4.78, 5) is 0. The fraction of sp³-hybridized carbons (Fsp3) is 0.368. The van der Waals surface area contributed by atoms with Crippen LogP contribution in [0.2, 0.25) is 0 Å². The summed E-state index contributed by atoms with van der Waals surface area (Å²) >= 11 is 0. The Labute approximate surface area is 129 Å². The minimum absolute atomic E-state index is 0.149. The lowest BCUT2D eigenvalue weighted by Gasteiger charge is -2.25. The first-order valence-electron chi connectivity index (χ1n) is 7.75. The molecule has 0 saturated carbocycles. The molecule has 0 saturated heterocycles. The quantitative estimate of drug-likeness (QED) is 0.735. The number of aryl methyl sites for hydroxylation is 2. The Morgan fingerprint density at radius 3 is 2.64 bits per heavy atom. The normalized spacial score (nSPS) is 17.4. The molecule has 3 rings (SSSR count). The van der Waals surface area contributed by atoms with E-state index in [1.54, 1.807) is 12.1 Å². The van der Waals surface area contributed by atoms with Crippen LogP contribution in [0, 0.1) is 30.3 Å². The number of hydrogen-bond donors (Lipinski definition) is 0. The monoisotopic (exact) mass is 304 g/mol. The van der Waals surface area contributed by atoms with Gasteiger partial charge in [-0.15, -0.1) is 0 Å². The maximum atomic E-state index is 13.8. The van der Waals surface area contributed by atoms with E-state index in [-0.39, 0.29) is 5.82 Å². The number of rotatable bonds is 3. The van der Waals surface area contributed by atoms with Crippen LogP contribution in [0.3, 0.4) is 0 Å². The summed E-state index contributed by atoms with van der Waals surface area (Å²) < 4.78 is 40.8. The van der Waals surface area contributed by atoms with Crippen molar-refractivity contribution in [2.45, 2.75) is 39.0 Å². The summed E-state index contributed by atoms with van der Waals surface area (Å²) in [6.07, 6.45) is 3.72. The molecule has 3 heteroatoms. The van der Waals surface area contributed by atoms with Crippen LogP contribution in [0.15, 0.2) is 30.3 Å². The van der Waals surface area contributed by atoms with Gasteiger partial charge >= 0.3 is 0 Å². The van der Waals surface area contributed by atoms with Crippen LogP contribution in [0.5, 0.6) is 0 Å². The predicted molar refractivity (Wildman–Crippen MR) is 81.3 cm³/mol. The Balaban J connectivity index is 1.67. The van der Waals surface area contributed by atoms with Crippen molar-refractivity contribution in [3.05, 3.63) is 70.0 Å². The summed E-state index contributed by atoms with van der Waals surface area (Å²) in [6, 6.07) is 8.22. The Hall–Kier alpha value is -1.77. The molecule has 0 bridgehead atoms. The Morgan fingerprint density at radius 1 is 1.05 bits per heavy atom. The minimum Gasteiger partial charge on any atom is -0.207 e. The molecule has 2 aromatic carbocycles. The molecule has 0 heterocycles. The van der Waals surface area contributed by atoms with Gasteiger partial charge in [0.25, 0.3) is 0 Å². The lowest BCUT2D eigenvalue weighted by atomic mass is 9.81. The molecule has 0 aromatic heterocycles. The van der Waals surface area contributed by atoms with Gasteiger partial charge in [-0.1, -0.05) is 18.2 Å². The van der Waals surface area contributed by atoms with Gasteiger partial charge in [-0.2, -0.15) is 0 Å². The summed E-state index contributed by atoms with van der Waals surface area (Å²) in [5.74, 6) is -1.21. The molecule has 22 heavy (non-hydrogen) atoms. The molecule has 0 spiro atoms. The Morgan fingerprint density at radius 2 is 1.86 bits per heavy atom. The number of halogens is 3. The molecular formula is C19H19F3. The first-order valence-corrected chi connectivity index (χ1v) is 7.75. The fourth-order valence-corrected chi connectivity index (χ4v) is 3.32. The van der Waals surface area contributed by atoms with Gasteiger partial charge in [0.2, 0.25) is 0 Å². The van der Waals surface area contributed by atoms with Gasteiger partial charge < -0.3 is 0 Å². The molecule has 116 valence electrons. The van der Waals surface area contributed by atoms with Crippen LogP contribution < -0.4 is 0 Å². The molecule has 1 aliphatic carbocycles. The fourth-order valence-electron chi connectivity index (χ4n) is 3.32. The topological polar surface area (TPSA) is 0 Å². The van der Waals surface area contributed by atoms with E-state index in [0.29, 0.717) is 24.3 Å². The Bertz CT molecular complexity index is 691. The molecule has 0 N–H and O–H groups in total. The van der Waals surface area contributed by atoms with Crippen LogP contribution in [0.1, 0.15) is 35.1 Å². The smallest absolute Gasteiger partial charge is 0.162 e. The van der Waals surface area contributed by atoms with Gasteiger partial charge in [0.1, 0.15) is 5.82 Å². The third-order valence-electron chi connectivity index (χ3n) is 4.63. The van der Waals surface area contributed by atoms with E-state index >= 15 is 0 Å². The summed E-state index contributed by atoms with van der Waals surface area (Å²) in [5.41, 5.74) is 3.09. The molecule has 0 fully saturated rings. The number of fused-ring (bicyclic) bond motifs is 1. The molecule has 0 aliphatic heterocycles. The standard InChI is InChI=1S/C19H19F3/c1-12-2-5-14(18(21)10-12)6-3-13-4-8-16-15(11-13)7-9-17(20)19(16)22/h2,5,7,9-10,13H,3-4,6,8,11H2,1H3. The summed E-state index contributed by atoms with van der Waals surface area (Å²) in [6.45, 7) is 1.87. The van der Waals surface area contributed by atoms with Crippen LogP contribution >= 0.6 is 0 Å². The third-order valence-corrected chi connectivity index (χ3v) is 4.63. The summed E-state index contributed by atoms with van der Waals surface area (Å²) in [7, 11) is 0. The van der Waals surface area contributed by atoms with Crippen LogP contribution in [-0.4, -0.2) is 0 Å². The second kappa shape index (κ2) is 6.15. The highest BCUT2D eigenvalue weighted by atomic mass is 19.2. The van der Waals surface area contributed by atoms with Crippen molar-refractivity contribution in [3.63, 3.8) is 0 Å². The number of benzene rings is 2. The molecule has 1 unspecified atom stereocenters. The van der Waals surface area contributed by atoms with Crippen molar-refractivity contribution in [1.82, 2.24) is 0 Å². The van der Waals surface area contributed by atoms with Crippen molar-refractivity contribution < 1.29 is 13.2 Å². The van der Waals surface area contributed by atoms with Crippen molar-refractivity contribution in [1.29, 1.82) is 0 Å². The van der Waals surface area contributed by atoms with E-state index < -0.39 is 11.6 Å². The Kier molecular flexibility index (Phi) is 4.23. The van der Waals surface area contributed by atoms with Crippen LogP contribution in [0.25, 0.3) is 0 Å². The average molecular weight is 304 g/mol. The van der Waals surface area contributed by atoms with Crippen LogP contribution in [-0.2, 0) is 19.3 Å². The van der Waals surface area contributed by atoms with E-state index in [1.165, 1.54) is 6.07 Å². The summed E-state index contributed by atoms with van der Waals surface area (Å²) in [5, 5.41) is 0. The highest BCUT2D eigenvalue weighted by Crippen LogP contribution is 2.31. The van der Waals surface area contributed by atoms with Crippen molar-refractivity contribution in [3.8, 4) is 0 Å². The zero-order valence-corrected chi connectivity index (χ0v) is 12.6. The maximum absolute atomic E-state index is 13.8. The second-order valence-corrected chi connectivity index (χ2v) is 6.24. The zero-order chi connectivity index (χ0) is 15.7. The highest BCUT2D eigenvalue weighted by Gasteiger charge is 2.23. The van der Waals surface area contributed by atoms with Gasteiger partial charge in [0.15, 0.2) is 11.6 Å². The average Bonchev–Trinajstić information content (AvgIpc) is 2.50. The van der Waals surface area contributed by atoms with E-state index in [1.807, 2.05) is 19.1 Å². The highest BCUT2D eigenvalue weighted by molar-refractivity contribution is 5.32. The van der Waals surface area contributed by atoms with E-state index in [0.717, 1.165) is 36.0 Å². The molecule has 1 aliphatic rings. The lowest BCUT2D eigenvalue weighted by molar-refractivity contribution is 0.407. The zero-order valence-electron chi connectivity index (χ0n) is 12.6. The molecule has 2 aromatic rings. The molecule has 0 nitrogen and oxygen atoms in total. The minimum atomic E-state index is -0.765. The van der Waals surface area contributed by atoms with E-state index in [9.17, 15) is 13.2 Å². The van der Waals surface area contributed by atoms with Crippen LogP contribution in [0.4, 0.5) is 13.2 Å². The van der Waals surface area contributed by atoms with E-state index in [2.05, 4.69) is 0 Å². The van der Waals surface area contributed by atoms with Crippen molar-refractivity contribution in [2.24, 2.45) is 5.92 Å². The largest absolute Gasteiger partial charge is 0.207 e. The SMILES string of the molecule is Cc1ccc(CCC2CCc3c(ccc(F)c3F)C2)c(F)c1. The van der Waals surface area contributed by atoms with Crippen molar-refractivity contribution in [2.75, 3.05) is 0 Å². The number of hydrogen-bond acceptors (Lipinski definition) is 0. The van der Waals surface area contributed by atoms with Gasteiger partial charge in [0.05, 0.1) is 0 Å². The first kappa shape index (κ1) is 15.1. The second-order valence-electron chi connectivity index (χ2n) is 6.24. The van der Waals surface area contributed by atoms with E-state index in [4.69, 9.17) is 0 Å². The third kappa shape index (κ3) is 3.03. The predicted octanol–water partition coefficient (Wildman–Crippen LogP) is 5.15. The van der Waals surface area contributed by atoms with Gasteiger partial charge in [-0.25, -0.2) is 13.2 Å². The van der Waals surface area contributed by atoms with Gasteiger partial charge in [0, 0.05) is 0 Å². The molecular weight excluding hydrogens is 285 g/mol. The molecule has 0 amide bonds. The maximum Gasteiger partial charge on any atom is 0.162 e.